The molecule has 2 nitrogen and oxygen atoms in total. The van der Waals surface area contributed by atoms with Crippen molar-refractivity contribution in [3.63, 3.8) is 0 Å². The van der Waals surface area contributed by atoms with Gasteiger partial charge >= 0.3 is 0 Å². The molecule has 2 rings (SSSR count). The van der Waals surface area contributed by atoms with Crippen LogP contribution in [-0.2, 0) is 0 Å². The van der Waals surface area contributed by atoms with Crippen LogP contribution in [0.4, 0.5) is 4.39 Å². The van der Waals surface area contributed by atoms with Gasteiger partial charge < -0.3 is 5.73 Å². The van der Waals surface area contributed by atoms with E-state index in [2.05, 4.69) is 18.9 Å². The molecule has 1 aliphatic rings. The van der Waals surface area contributed by atoms with E-state index in [9.17, 15) is 4.39 Å². The fourth-order valence-electron chi connectivity index (χ4n) is 2.83. The molecular weight excluding hydrogens is 227 g/mol. The molecule has 0 radical (unpaired) electrons. The van der Waals surface area contributed by atoms with E-state index in [0.29, 0.717) is 12.1 Å². The summed E-state index contributed by atoms with van der Waals surface area (Å²) in [6, 6.07) is 8.11. The van der Waals surface area contributed by atoms with Gasteiger partial charge in [-0.05, 0) is 57.4 Å². The number of rotatable bonds is 3. The summed E-state index contributed by atoms with van der Waals surface area (Å²) in [6.07, 6.45) is 4.50. The lowest BCUT2D eigenvalue weighted by molar-refractivity contribution is 0.140. The Bertz CT molecular complexity index is 386. The first kappa shape index (κ1) is 13.5. The lowest BCUT2D eigenvalue weighted by atomic mass is 9.90. The van der Waals surface area contributed by atoms with Crippen LogP contribution < -0.4 is 5.73 Å². The minimum absolute atomic E-state index is 0.154. The summed E-state index contributed by atoms with van der Waals surface area (Å²) in [5.74, 6) is -0.154. The molecular formula is C15H23FN2. The SMILES string of the molecule is CC(c1cccc(F)c1)N(C)C1CCC(N)CC1. The molecule has 1 fully saturated rings. The number of nitrogens with zero attached hydrogens (tertiary/aromatic N) is 1. The molecule has 0 heterocycles. The smallest absolute Gasteiger partial charge is 0.123 e. The number of nitrogens with two attached hydrogens (primary N) is 1. The summed E-state index contributed by atoms with van der Waals surface area (Å²) in [5.41, 5.74) is 6.98. The van der Waals surface area contributed by atoms with Gasteiger partial charge in [-0.3, -0.25) is 4.90 Å². The van der Waals surface area contributed by atoms with E-state index < -0.39 is 0 Å². The zero-order chi connectivity index (χ0) is 13.1. The van der Waals surface area contributed by atoms with Crippen molar-refractivity contribution < 1.29 is 4.39 Å². The van der Waals surface area contributed by atoms with Crippen LogP contribution in [0.15, 0.2) is 24.3 Å². The third-order valence-electron chi connectivity index (χ3n) is 4.26. The Labute approximate surface area is 109 Å². The van der Waals surface area contributed by atoms with Gasteiger partial charge in [0, 0.05) is 18.1 Å². The second-order valence-electron chi connectivity index (χ2n) is 5.47. The van der Waals surface area contributed by atoms with Crippen LogP contribution in [0.3, 0.4) is 0 Å². The molecule has 1 atom stereocenters. The predicted octanol–water partition coefficient (Wildman–Crippen LogP) is 3.09. The van der Waals surface area contributed by atoms with Crippen LogP contribution in [0.2, 0.25) is 0 Å². The van der Waals surface area contributed by atoms with E-state index >= 15 is 0 Å². The second kappa shape index (κ2) is 5.81. The van der Waals surface area contributed by atoms with Gasteiger partial charge in [0.1, 0.15) is 5.82 Å². The van der Waals surface area contributed by atoms with Crippen LogP contribution in [-0.4, -0.2) is 24.0 Å². The molecule has 0 spiro atoms. The van der Waals surface area contributed by atoms with Crippen LogP contribution >= 0.6 is 0 Å². The van der Waals surface area contributed by atoms with Gasteiger partial charge in [0.15, 0.2) is 0 Å². The Morgan fingerprint density at radius 3 is 2.56 bits per heavy atom. The van der Waals surface area contributed by atoms with Gasteiger partial charge in [-0.15, -0.1) is 0 Å². The largest absolute Gasteiger partial charge is 0.328 e. The highest BCUT2D eigenvalue weighted by atomic mass is 19.1. The van der Waals surface area contributed by atoms with E-state index in [1.54, 1.807) is 12.1 Å². The summed E-state index contributed by atoms with van der Waals surface area (Å²) >= 11 is 0. The van der Waals surface area contributed by atoms with E-state index in [1.807, 2.05) is 6.07 Å². The molecule has 1 aromatic rings. The third-order valence-corrected chi connectivity index (χ3v) is 4.26. The quantitative estimate of drug-likeness (QED) is 0.893. The number of hydrogen-bond donors (Lipinski definition) is 1. The Balaban J connectivity index is 2.02. The minimum atomic E-state index is -0.154. The number of halogens is 1. The molecule has 1 unspecified atom stereocenters. The van der Waals surface area contributed by atoms with Crippen molar-refractivity contribution >= 4 is 0 Å². The molecule has 0 aromatic heterocycles. The summed E-state index contributed by atoms with van der Waals surface area (Å²) < 4.78 is 13.2. The minimum Gasteiger partial charge on any atom is -0.328 e. The molecule has 1 aromatic carbocycles. The van der Waals surface area contributed by atoms with Gasteiger partial charge in [0.25, 0.3) is 0 Å². The van der Waals surface area contributed by atoms with Crippen molar-refractivity contribution in [3.8, 4) is 0 Å². The molecule has 0 bridgehead atoms. The van der Waals surface area contributed by atoms with E-state index in [0.717, 1.165) is 31.2 Å². The normalized spacial score (nSPS) is 26.3. The Kier molecular flexibility index (Phi) is 4.36. The highest BCUT2D eigenvalue weighted by Crippen LogP contribution is 2.28. The van der Waals surface area contributed by atoms with Gasteiger partial charge in [-0.2, -0.15) is 0 Å². The maximum atomic E-state index is 13.2. The van der Waals surface area contributed by atoms with Crippen molar-refractivity contribution in [3.05, 3.63) is 35.6 Å². The van der Waals surface area contributed by atoms with Crippen molar-refractivity contribution in [2.75, 3.05) is 7.05 Å². The van der Waals surface area contributed by atoms with Gasteiger partial charge in [-0.1, -0.05) is 12.1 Å². The van der Waals surface area contributed by atoms with Gasteiger partial charge in [0.05, 0.1) is 0 Å². The average Bonchev–Trinajstić information content (AvgIpc) is 2.38. The van der Waals surface area contributed by atoms with Gasteiger partial charge in [0.2, 0.25) is 0 Å². The third kappa shape index (κ3) is 3.09. The standard InChI is InChI=1S/C15H23FN2/c1-11(12-4-3-5-13(16)10-12)18(2)15-8-6-14(17)7-9-15/h3-5,10-11,14-15H,6-9,17H2,1-2H3. The summed E-state index contributed by atoms with van der Waals surface area (Å²) in [6.45, 7) is 2.14. The first-order valence-electron chi connectivity index (χ1n) is 6.81. The Morgan fingerprint density at radius 2 is 1.94 bits per heavy atom. The van der Waals surface area contributed by atoms with Crippen molar-refractivity contribution in [2.45, 2.75) is 50.7 Å². The van der Waals surface area contributed by atoms with Crippen LogP contribution in [0.25, 0.3) is 0 Å². The Hall–Kier alpha value is -0.930. The molecule has 100 valence electrons. The maximum Gasteiger partial charge on any atom is 0.123 e. The van der Waals surface area contributed by atoms with Crippen molar-refractivity contribution in [1.29, 1.82) is 0 Å². The fourth-order valence-corrected chi connectivity index (χ4v) is 2.83. The van der Waals surface area contributed by atoms with E-state index in [4.69, 9.17) is 5.73 Å². The lowest BCUT2D eigenvalue weighted by Gasteiger charge is -2.37. The molecule has 2 N–H and O–H groups in total. The number of benzene rings is 1. The fraction of sp³-hybridized carbons (Fsp3) is 0.600. The molecule has 1 saturated carbocycles. The highest BCUT2D eigenvalue weighted by Gasteiger charge is 2.25. The van der Waals surface area contributed by atoms with E-state index in [-0.39, 0.29) is 11.9 Å². The topological polar surface area (TPSA) is 29.3 Å². The van der Waals surface area contributed by atoms with Crippen molar-refractivity contribution in [2.24, 2.45) is 5.73 Å². The summed E-state index contributed by atoms with van der Waals surface area (Å²) in [5, 5.41) is 0. The average molecular weight is 250 g/mol. The first-order chi connectivity index (χ1) is 8.58. The zero-order valence-electron chi connectivity index (χ0n) is 11.3. The maximum absolute atomic E-state index is 13.2. The molecule has 1 aliphatic carbocycles. The second-order valence-corrected chi connectivity index (χ2v) is 5.47. The molecule has 3 heteroatoms. The lowest BCUT2D eigenvalue weighted by Crippen LogP contribution is -2.39. The first-order valence-corrected chi connectivity index (χ1v) is 6.81. The Morgan fingerprint density at radius 1 is 1.28 bits per heavy atom. The molecule has 0 aliphatic heterocycles. The highest BCUT2D eigenvalue weighted by molar-refractivity contribution is 5.19. The van der Waals surface area contributed by atoms with Gasteiger partial charge in [-0.25, -0.2) is 4.39 Å². The summed E-state index contributed by atoms with van der Waals surface area (Å²) in [7, 11) is 2.14. The predicted molar refractivity (Wildman–Crippen MR) is 72.8 cm³/mol. The molecule has 0 amide bonds. The number of hydrogen-bond acceptors (Lipinski definition) is 2. The monoisotopic (exact) mass is 250 g/mol. The van der Waals surface area contributed by atoms with E-state index in [1.165, 1.54) is 6.07 Å². The van der Waals surface area contributed by atoms with Crippen LogP contribution in [0, 0.1) is 5.82 Å². The van der Waals surface area contributed by atoms with Crippen LogP contribution in [0.5, 0.6) is 0 Å². The molecule has 0 saturated heterocycles. The zero-order valence-corrected chi connectivity index (χ0v) is 11.3. The molecule has 18 heavy (non-hydrogen) atoms. The van der Waals surface area contributed by atoms with Crippen molar-refractivity contribution in [1.82, 2.24) is 4.90 Å². The summed E-state index contributed by atoms with van der Waals surface area (Å²) in [4.78, 5) is 2.36. The van der Waals surface area contributed by atoms with Crippen LogP contribution in [0.1, 0.15) is 44.2 Å².